The second kappa shape index (κ2) is 7.18. The molecular weight excluding hydrogens is 434 g/mol. The highest BCUT2D eigenvalue weighted by atomic mass is 79.9. The number of halogens is 2. The van der Waals surface area contributed by atoms with Crippen molar-refractivity contribution < 1.29 is 4.79 Å². The number of anilines is 1. The average Bonchev–Trinajstić information content (AvgIpc) is 3.12. The second-order valence-electron chi connectivity index (χ2n) is 6.32. The lowest BCUT2D eigenvalue weighted by Gasteiger charge is -2.34. The molecule has 1 aliphatic heterocycles. The number of amides is 1. The third-order valence-corrected chi connectivity index (χ3v) is 6.72. The zero-order chi connectivity index (χ0) is 18.3. The molecule has 0 unspecified atom stereocenters. The van der Waals surface area contributed by atoms with E-state index in [1.54, 1.807) is 11.3 Å². The van der Waals surface area contributed by atoms with Gasteiger partial charge in [0, 0.05) is 36.2 Å². The summed E-state index contributed by atoms with van der Waals surface area (Å²) < 4.78 is 2.01. The van der Waals surface area contributed by atoms with Gasteiger partial charge in [-0.15, -0.1) is 0 Å². The van der Waals surface area contributed by atoms with Crippen molar-refractivity contribution in [3.05, 3.63) is 57.0 Å². The molecule has 26 heavy (non-hydrogen) atoms. The van der Waals surface area contributed by atoms with E-state index in [0.29, 0.717) is 13.1 Å². The van der Waals surface area contributed by atoms with Crippen LogP contribution in [0.15, 0.2) is 40.9 Å². The van der Waals surface area contributed by atoms with E-state index in [1.807, 2.05) is 41.3 Å². The molecule has 0 aliphatic carbocycles. The van der Waals surface area contributed by atoms with Crippen molar-refractivity contribution in [2.75, 3.05) is 31.1 Å². The van der Waals surface area contributed by atoms with Gasteiger partial charge in [0.25, 0.3) is 5.91 Å². The number of hydrogen-bond acceptors (Lipinski definition) is 4. The van der Waals surface area contributed by atoms with Gasteiger partial charge in [0.2, 0.25) is 0 Å². The lowest BCUT2D eigenvalue weighted by atomic mass is 10.2. The minimum atomic E-state index is 0.0836. The van der Waals surface area contributed by atoms with Gasteiger partial charge >= 0.3 is 0 Å². The van der Waals surface area contributed by atoms with Crippen LogP contribution in [-0.4, -0.2) is 42.0 Å². The Balaban J connectivity index is 1.48. The summed E-state index contributed by atoms with van der Waals surface area (Å²) >= 11 is 11.3. The molecule has 0 radical (unpaired) electrons. The molecule has 0 N–H and O–H groups in total. The molecule has 3 aromatic rings. The van der Waals surface area contributed by atoms with E-state index in [-0.39, 0.29) is 5.91 Å². The van der Waals surface area contributed by atoms with Gasteiger partial charge in [0.1, 0.15) is 0 Å². The maximum absolute atomic E-state index is 12.6. The van der Waals surface area contributed by atoms with Crippen LogP contribution in [-0.2, 0) is 0 Å². The fraction of sp³-hybridized carbons (Fsp3) is 0.263. The second-order valence-corrected chi connectivity index (χ2v) is 8.62. The summed E-state index contributed by atoms with van der Waals surface area (Å²) in [6.07, 6.45) is 0. The van der Waals surface area contributed by atoms with Crippen molar-refractivity contribution in [2.45, 2.75) is 6.92 Å². The van der Waals surface area contributed by atoms with Crippen LogP contribution in [0.5, 0.6) is 0 Å². The Morgan fingerprint density at radius 2 is 1.81 bits per heavy atom. The highest BCUT2D eigenvalue weighted by molar-refractivity contribution is 9.10. The van der Waals surface area contributed by atoms with E-state index in [2.05, 4.69) is 27.8 Å². The van der Waals surface area contributed by atoms with Gasteiger partial charge in [-0.25, -0.2) is 4.98 Å². The van der Waals surface area contributed by atoms with Crippen LogP contribution in [0.2, 0.25) is 5.02 Å². The van der Waals surface area contributed by atoms with Crippen LogP contribution >= 0.6 is 38.9 Å². The monoisotopic (exact) mass is 449 g/mol. The molecule has 1 amide bonds. The highest BCUT2D eigenvalue weighted by Gasteiger charge is 2.24. The predicted molar refractivity (Wildman–Crippen MR) is 112 cm³/mol. The molecule has 1 aromatic heterocycles. The van der Waals surface area contributed by atoms with Crippen LogP contribution in [0.1, 0.15) is 15.9 Å². The Bertz CT molecular complexity index is 926. The normalized spacial score (nSPS) is 14.9. The summed E-state index contributed by atoms with van der Waals surface area (Å²) in [6.45, 7) is 4.99. The first-order chi connectivity index (χ1) is 12.5. The Kier molecular flexibility index (Phi) is 4.90. The molecule has 1 fully saturated rings. The number of aromatic nitrogens is 1. The average molecular weight is 451 g/mol. The van der Waals surface area contributed by atoms with Gasteiger partial charge in [-0.2, -0.15) is 0 Å². The molecule has 0 spiro atoms. The summed E-state index contributed by atoms with van der Waals surface area (Å²) in [7, 11) is 0. The molecule has 7 heteroatoms. The molecule has 134 valence electrons. The van der Waals surface area contributed by atoms with Crippen LogP contribution in [0.4, 0.5) is 5.13 Å². The highest BCUT2D eigenvalue weighted by Crippen LogP contribution is 2.35. The number of aryl methyl sites for hydroxylation is 1. The number of nitrogens with zero attached hydrogens (tertiary/aromatic N) is 3. The summed E-state index contributed by atoms with van der Waals surface area (Å²) in [6, 6.07) is 11.4. The molecule has 1 aliphatic rings. The number of carbonyl (C=O) groups excluding carboxylic acids is 1. The number of piperazine rings is 1. The van der Waals surface area contributed by atoms with E-state index >= 15 is 0 Å². The van der Waals surface area contributed by atoms with Crippen molar-refractivity contribution in [1.82, 2.24) is 9.88 Å². The standard InChI is InChI=1S/C19H17BrClN3OS/c1-12-2-7-15(21)17-16(12)22-19(26-17)24-10-8-23(9-11-24)18(25)13-3-5-14(20)6-4-13/h2-7H,8-11H2,1H3. The van der Waals surface area contributed by atoms with Crippen molar-refractivity contribution in [3.63, 3.8) is 0 Å². The van der Waals surface area contributed by atoms with E-state index in [0.717, 1.165) is 49.1 Å². The van der Waals surface area contributed by atoms with Crippen molar-refractivity contribution in [1.29, 1.82) is 0 Å². The minimum absolute atomic E-state index is 0.0836. The number of benzene rings is 2. The molecule has 0 saturated carbocycles. The van der Waals surface area contributed by atoms with Gasteiger partial charge in [0.05, 0.1) is 15.2 Å². The SMILES string of the molecule is Cc1ccc(Cl)c2sc(N3CCN(C(=O)c4ccc(Br)cc4)CC3)nc12. The van der Waals surface area contributed by atoms with Gasteiger partial charge in [-0.05, 0) is 42.8 Å². The first kappa shape index (κ1) is 17.8. The van der Waals surface area contributed by atoms with Crippen LogP contribution in [0, 0.1) is 6.92 Å². The van der Waals surface area contributed by atoms with Crippen molar-refractivity contribution in [3.8, 4) is 0 Å². The minimum Gasteiger partial charge on any atom is -0.345 e. The van der Waals surface area contributed by atoms with Crippen LogP contribution in [0.3, 0.4) is 0 Å². The molecule has 1 saturated heterocycles. The molecular formula is C19H17BrClN3OS. The zero-order valence-electron chi connectivity index (χ0n) is 14.2. The Hall–Kier alpha value is -1.63. The predicted octanol–water partition coefficient (Wildman–Crippen LogP) is 4.98. The van der Waals surface area contributed by atoms with Crippen molar-refractivity contribution >= 4 is 60.1 Å². The molecule has 0 bridgehead atoms. The van der Waals surface area contributed by atoms with Crippen LogP contribution < -0.4 is 4.90 Å². The number of hydrogen-bond donors (Lipinski definition) is 0. The van der Waals surface area contributed by atoms with E-state index < -0.39 is 0 Å². The number of carbonyl (C=O) groups is 1. The van der Waals surface area contributed by atoms with Gasteiger partial charge in [-0.1, -0.05) is 44.9 Å². The summed E-state index contributed by atoms with van der Waals surface area (Å²) in [5.41, 5.74) is 2.84. The number of fused-ring (bicyclic) bond motifs is 1. The number of thiazole rings is 1. The number of rotatable bonds is 2. The van der Waals surface area contributed by atoms with E-state index in [1.165, 1.54) is 0 Å². The lowest BCUT2D eigenvalue weighted by Crippen LogP contribution is -2.48. The molecule has 4 rings (SSSR count). The van der Waals surface area contributed by atoms with Gasteiger partial charge < -0.3 is 9.80 Å². The fourth-order valence-corrected chi connectivity index (χ4v) is 4.73. The Morgan fingerprint density at radius 3 is 2.46 bits per heavy atom. The first-order valence-electron chi connectivity index (χ1n) is 8.38. The Labute approximate surface area is 169 Å². The zero-order valence-corrected chi connectivity index (χ0v) is 17.4. The maximum atomic E-state index is 12.6. The molecule has 4 nitrogen and oxygen atoms in total. The molecule has 2 aromatic carbocycles. The Morgan fingerprint density at radius 1 is 1.12 bits per heavy atom. The largest absolute Gasteiger partial charge is 0.345 e. The topological polar surface area (TPSA) is 36.4 Å². The molecule has 0 atom stereocenters. The summed E-state index contributed by atoms with van der Waals surface area (Å²) in [5, 5.41) is 1.73. The lowest BCUT2D eigenvalue weighted by molar-refractivity contribution is 0.0747. The third-order valence-electron chi connectivity index (χ3n) is 4.61. The van der Waals surface area contributed by atoms with Gasteiger partial charge in [-0.3, -0.25) is 4.79 Å². The summed E-state index contributed by atoms with van der Waals surface area (Å²) in [5.74, 6) is 0.0836. The summed E-state index contributed by atoms with van der Waals surface area (Å²) in [4.78, 5) is 21.6. The van der Waals surface area contributed by atoms with Crippen molar-refractivity contribution in [2.24, 2.45) is 0 Å². The van der Waals surface area contributed by atoms with Gasteiger partial charge in [0.15, 0.2) is 5.13 Å². The van der Waals surface area contributed by atoms with Crippen LogP contribution in [0.25, 0.3) is 10.2 Å². The maximum Gasteiger partial charge on any atom is 0.253 e. The fourth-order valence-electron chi connectivity index (χ4n) is 3.10. The van der Waals surface area contributed by atoms with E-state index in [4.69, 9.17) is 16.6 Å². The first-order valence-corrected chi connectivity index (χ1v) is 10.4. The third kappa shape index (κ3) is 3.33. The smallest absolute Gasteiger partial charge is 0.253 e. The van der Waals surface area contributed by atoms with E-state index in [9.17, 15) is 4.79 Å². The molecule has 2 heterocycles. The quantitative estimate of drug-likeness (QED) is 0.552.